The van der Waals surface area contributed by atoms with Crippen molar-refractivity contribution >= 4 is 23.6 Å². The van der Waals surface area contributed by atoms with Gasteiger partial charge in [0.15, 0.2) is 5.54 Å². The Morgan fingerprint density at radius 2 is 1.76 bits per heavy atom. The lowest BCUT2D eigenvalue weighted by Crippen LogP contribution is -2.51. The molecule has 2 aromatic rings. The molecule has 0 aliphatic carbocycles. The van der Waals surface area contributed by atoms with E-state index in [2.05, 4.69) is 5.32 Å². The molecule has 0 bridgehead atoms. The van der Waals surface area contributed by atoms with Gasteiger partial charge < -0.3 is 9.84 Å². The van der Waals surface area contributed by atoms with Crippen LogP contribution in [0.5, 0.6) is 0 Å². The number of cyclic esters (lactones) is 2. The normalized spacial score (nSPS) is 30.7. The number of fused-ring (bicyclic) bond motifs is 1. The van der Waals surface area contributed by atoms with Crippen LogP contribution < -0.4 is 5.32 Å². The van der Waals surface area contributed by atoms with Gasteiger partial charge in [-0.25, -0.2) is 4.79 Å². The Balaban J connectivity index is 1.92. The number of rotatable bonds is 4. The molecule has 9 nitrogen and oxygen atoms in total. The number of carboxylic acid groups (broad SMARTS) is 1. The van der Waals surface area contributed by atoms with Crippen LogP contribution in [0.4, 0.5) is 5.69 Å². The molecule has 2 heterocycles. The SMILES string of the molecule is C[C@@]12C(=O)OC(=O)[C@@H]1[C@@](C(=O)O)(c1ccccc1)N[C@@H]2c1ccc([N+](=O)[O-])cc1. The van der Waals surface area contributed by atoms with E-state index < -0.39 is 45.7 Å². The topological polar surface area (TPSA) is 136 Å². The molecule has 0 saturated carbocycles. The fourth-order valence-corrected chi connectivity index (χ4v) is 4.47. The molecule has 148 valence electrons. The molecule has 4 rings (SSSR count). The maximum atomic E-state index is 12.7. The number of carbonyl (C=O) groups is 3. The van der Waals surface area contributed by atoms with Gasteiger partial charge in [0.25, 0.3) is 5.69 Å². The van der Waals surface area contributed by atoms with E-state index in [0.717, 1.165) is 0 Å². The van der Waals surface area contributed by atoms with Crippen molar-refractivity contribution in [3.63, 3.8) is 0 Å². The van der Waals surface area contributed by atoms with Crippen LogP contribution in [0, 0.1) is 21.4 Å². The van der Waals surface area contributed by atoms with Gasteiger partial charge in [-0.3, -0.25) is 25.0 Å². The summed E-state index contributed by atoms with van der Waals surface area (Å²) in [6, 6.07) is 12.6. The van der Waals surface area contributed by atoms with Crippen LogP contribution in [0.3, 0.4) is 0 Å². The van der Waals surface area contributed by atoms with Crippen molar-refractivity contribution in [1.82, 2.24) is 5.32 Å². The van der Waals surface area contributed by atoms with Crippen LogP contribution in [0.15, 0.2) is 54.6 Å². The number of hydrogen-bond donors (Lipinski definition) is 2. The fourth-order valence-electron chi connectivity index (χ4n) is 4.47. The summed E-state index contributed by atoms with van der Waals surface area (Å²) in [6.07, 6.45) is 0. The quantitative estimate of drug-likeness (QED) is 0.346. The Kier molecular flexibility index (Phi) is 4.02. The summed E-state index contributed by atoms with van der Waals surface area (Å²) in [6.45, 7) is 1.48. The zero-order valence-electron chi connectivity index (χ0n) is 15.2. The standard InChI is InChI=1S/C20H16N2O7/c1-19-14(16(23)29-18(19)26)20(17(24)25,12-5-3-2-4-6-12)21-15(19)11-7-9-13(10-8-11)22(27)28/h2-10,14-15,21H,1H3,(H,24,25)/t14-,15+,19+,20+/m0/s1. The average Bonchev–Trinajstić information content (AvgIpc) is 3.12. The lowest BCUT2D eigenvalue weighted by atomic mass is 9.67. The predicted molar refractivity (Wildman–Crippen MR) is 97.4 cm³/mol. The van der Waals surface area contributed by atoms with Crippen molar-refractivity contribution < 1.29 is 29.2 Å². The van der Waals surface area contributed by atoms with Gasteiger partial charge in [0.1, 0.15) is 11.3 Å². The average molecular weight is 396 g/mol. The molecule has 0 aromatic heterocycles. The number of nitrogens with one attached hydrogen (secondary N) is 1. The summed E-state index contributed by atoms with van der Waals surface area (Å²) < 4.78 is 4.88. The van der Waals surface area contributed by atoms with Gasteiger partial charge in [-0.05, 0) is 18.1 Å². The van der Waals surface area contributed by atoms with Crippen molar-refractivity contribution in [2.24, 2.45) is 11.3 Å². The highest BCUT2D eigenvalue weighted by Crippen LogP contribution is 2.59. The molecule has 0 unspecified atom stereocenters. The molecule has 4 atom stereocenters. The molecular formula is C20H16N2O7. The molecule has 29 heavy (non-hydrogen) atoms. The number of benzene rings is 2. The van der Waals surface area contributed by atoms with E-state index in [1.54, 1.807) is 30.3 Å². The van der Waals surface area contributed by atoms with E-state index in [0.29, 0.717) is 11.1 Å². The molecule has 2 aliphatic heterocycles. The van der Waals surface area contributed by atoms with Gasteiger partial charge >= 0.3 is 17.9 Å². The maximum absolute atomic E-state index is 12.7. The monoisotopic (exact) mass is 396 g/mol. The summed E-state index contributed by atoms with van der Waals surface area (Å²) in [5, 5.41) is 24.1. The van der Waals surface area contributed by atoms with Gasteiger partial charge in [-0.2, -0.15) is 0 Å². The molecule has 2 fully saturated rings. The van der Waals surface area contributed by atoms with Crippen molar-refractivity contribution in [1.29, 1.82) is 0 Å². The van der Waals surface area contributed by atoms with Crippen LogP contribution in [-0.4, -0.2) is 27.9 Å². The summed E-state index contributed by atoms with van der Waals surface area (Å²) in [5.74, 6) is -4.39. The number of nitro groups is 1. The number of hydrogen-bond acceptors (Lipinski definition) is 7. The van der Waals surface area contributed by atoms with E-state index in [-0.39, 0.29) is 5.69 Å². The Labute approximate surface area is 164 Å². The van der Waals surface area contributed by atoms with E-state index in [4.69, 9.17) is 4.74 Å². The Morgan fingerprint density at radius 1 is 1.14 bits per heavy atom. The number of carboxylic acids is 1. The molecule has 2 aliphatic rings. The van der Waals surface area contributed by atoms with Crippen molar-refractivity contribution in [2.75, 3.05) is 0 Å². The zero-order valence-corrected chi connectivity index (χ0v) is 15.2. The number of esters is 2. The van der Waals surface area contributed by atoms with Crippen molar-refractivity contribution in [3.05, 3.63) is 75.8 Å². The molecule has 9 heteroatoms. The molecule has 2 aromatic carbocycles. The highest BCUT2D eigenvalue weighted by atomic mass is 16.6. The van der Waals surface area contributed by atoms with Gasteiger partial charge in [-0.15, -0.1) is 0 Å². The van der Waals surface area contributed by atoms with E-state index in [1.165, 1.54) is 31.2 Å². The first-order valence-electron chi connectivity index (χ1n) is 8.80. The first-order chi connectivity index (χ1) is 13.7. The number of carbonyl (C=O) groups excluding carboxylic acids is 2. The number of aliphatic carboxylic acids is 1. The second-order valence-electron chi connectivity index (χ2n) is 7.33. The van der Waals surface area contributed by atoms with Gasteiger partial charge in [0.2, 0.25) is 0 Å². The molecule has 0 amide bonds. The third kappa shape index (κ3) is 2.40. The summed E-state index contributed by atoms with van der Waals surface area (Å²) in [4.78, 5) is 48.2. The van der Waals surface area contributed by atoms with E-state index >= 15 is 0 Å². The third-order valence-electron chi connectivity index (χ3n) is 5.88. The minimum absolute atomic E-state index is 0.147. The lowest BCUT2D eigenvalue weighted by molar-refractivity contribution is -0.384. The maximum Gasteiger partial charge on any atom is 0.329 e. The Morgan fingerprint density at radius 3 is 2.31 bits per heavy atom. The Hall–Kier alpha value is -3.59. The smallest absolute Gasteiger partial charge is 0.329 e. The zero-order chi connectivity index (χ0) is 21.0. The van der Waals surface area contributed by atoms with E-state index in [9.17, 15) is 29.6 Å². The predicted octanol–water partition coefficient (Wildman–Crippen LogP) is 1.93. The van der Waals surface area contributed by atoms with E-state index in [1.807, 2.05) is 0 Å². The lowest BCUT2D eigenvalue weighted by Gasteiger charge is -2.30. The molecule has 0 radical (unpaired) electrons. The highest BCUT2D eigenvalue weighted by Gasteiger charge is 2.75. The summed E-state index contributed by atoms with van der Waals surface area (Å²) in [5.41, 5.74) is -2.81. The molecular weight excluding hydrogens is 380 g/mol. The molecule has 0 spiro atoms. The number of nitrogens with zero attached hydrogens (tertiary/aromatic N) is 1. The Bertz CT molecular complexity index is 1040. The van der Waals surface area contributed by atoms with Gasteiger partial charge in [-0.1, -0.05) is 42.5 Å². The third-order valence-corrected chi connectivity index (χ3v) is 5.88. The van der Waals surface area contributed by atoms with Crippen LogP contribution >= 0.6 is 0 Å². The summed E-state index contributed by atoms with van der Waals surface area (Å²) >= 11 is 0. The number of nitro benzene ring substituents is 1. The largest absolute Gasteiger partial charge is 0.480 e. The first-order valence-corrected chi connectivity index (χ1v) is 8.80. The number of ether oxygens (including phenoxy) is 1. The van der Waals surface area contributed by atoms with Crippen molar-refractivity contribution in [3.8, 4) is 0 Å². The molecule has 2 N–H and O–H groups in total. The second kappa shape index (κ2) is 6.21. The summed E-state index contributed by atoms with van der Waals surface area (Å²) in [7, 11) is 0. The van der Waals surface area contributed by atoms with Gasteiger partial charge in [0.05, 0.1) is 11.0 Å². The van der Waals surface area contributed by atoms with Crippen molar-refractivity contribution in [2.45, 2.75) is 18.5 Å². The number of non-ortho nitro benzene ring substituents is 1. The fraction of sp³-hybridized carbons (Fsp3) is 0.250. The van der Waals surface area contributed by atoms with Crippen LogP contribution in [-0.2, 0) is 24.7 Å². The molecule has 2 saturated heterocycles. The second-order valence-corrected chi connectivity index (χ2v) is 7.33. The first kappa shape index (κ1) is 18.8. The minimum Gasteiger partial charge on any atom is -0.480 e. The van der Waals surface area contributed by atoms with Gasteiger partial charge in [0, 0.05) is 12.1 Å². The van der Waals surface area contributed by atoms with Crippen LogP contribution in [0.2, 0.25) is 0 Å². The van der Waals surface area contributed by atoms with Crippen LogP contribution in [0.25, 0.3) is 0 Å². The van der Waals surface area contributed by atoms with Crippen LogP contribution in [0.1, 0.15) is 24.1 Å². The highest BCUT2D eigenvalue weighted by molar-refractivity contribution is 6.05. The minimum atomic E-state index is -1.90.